The molecule has 2 aromatic heterocycles. The van der Waals surface area contributed by atoms with Crippen LogP contribution in [0, 0.1) is 0 Å². The normalized spacial score (nSPS) is 11.4. The second-order valence-corrected chi connectivity index (χ2v) is 4.75. The minimum absolute atomic E-state index is 0.360. The van der Waals surface area contributed by atoms with Gasteiger partial charge >= 0.3 is 5.69 Å². The van der Waals surface area contributed by atoms with E-state index in [-0.39, 0.29) is 5.56 Å². The van der Waals surface area contributed by atoms with E-state index in [4.69, 9.17) is 0 Å². The topological polar surface area (TPSA) is 79.8 Å². The summed E-state index contributed by atoms with van der Waals surface area (Å²) in [6.07, 6.45) is 1.70. The third-order valence-corrected chi connectivity index (χ3v) is 2.92. The minimum Gasteiger partial charge on any atom is -0.310 e. The number of hydrogen-bond donors (Lipinski definition) is 2. The molecule has 0 saturated heterocycles. The Balaban J connectivity index is 2.55. The van der Waals surface area contributed by atoms with Crippen LogP contribution in [0.3, 0.4) is 0 Å². The van der Waals surface area contributed by atoms with Gasteiger partial charge in [0, 0.05) is 25.3 Å². The highest BCUT2D eigenvalue weighted by molar-refractivity contribution is 5.74. The molecule has 2 N–H and O–H groups in total. The lowest BCUT2D eigenvalue weighted by atomic mass is 10.2. The monoisotopic (exact) mass is 262 g/mol. The number of nitrogens with zero attached hydrogens (tertiary/aromatic N) is 2. The Bertz CT molecular complexity index is 700. The molecule has 0 amide bonds. The first kappa shape index (κ1) is 13.5. The second kappa shape index (κ2) is 5.36. The quantitative estimate of drug-likeness (QED) is 0.845. The van der Waals surface area contributed by atoms with E-state index in [1.807, 2.05) is 6.92 Å². The Morgan fingerprint density at radius 3 is 2.79 bits per heavy atom. The summed E-state index contributed by atoms with van der Waals surface area (Å²) < 4.78 is 1.45. The number of pyridine rings is 1. The molecule has 0 aliphatic carbocycles. The van der Waals surface area contributed by atoms with Crippen LogP contribution in [0.15, 0.2) is 21.9 Å². The molecule has 0 radical (unpaired) electrons. The maximum atomic E-state index is 11.8. The maximum Gasteiger partial charge on any atom is 0.329 e. The summed E-state index contributed by atoms with van der Waals surface area (Å²) in [4.78, 5) is 30.0. The fourth-order valence-corrected chi connectivity index (χ4v) is 1.92. The maximum absolute atomic E-state index is 11.8. The van der Waals surface area contributed by atoms with Crippen LogP contribution >= 0.6 is 0 Å². The van der Waals surface area contributed by atoms with Crippen molar-refractivity contribution >= 4 is 11.0 Å². The van der Waals surface area contributed by atoms with Crippen molar-refractivity contribution in [1.82, 2.24) is 19.9 Å². The largest absolute Gasteiger partial charge is 0.329 e. The first-order valence-electron chi connectivity index (χ1n) is 6.38. The number of nitrogens with one attached hydrogen (secondary N) is 2. The van der Waals surface area contributed by atoms with Gasteiger partial charge in [0.2, 0.25) is 0 Å². The molecule has 0 aromatic carbocycles. The zero-order chi connectivity index (χ0) is 14.0. The van der Waals surface area contributed by atoms with E-state index in [1.165, 1.54) is 4.57 Å². The zero-order valence-corrected chi connectivity index (χ0v) is 11.4. The van der Waals surface area contributed by atoms with E-state index >= 15 is 0 Å². The minimum atomic E-state index is -0.416. The summed E-state index contributed by atoms with van der Waals surface area (Å²) in [5.41, 5.74) is 0.557. The molecule has 19 heavy (non-hydrogen) atoms. The fraction of sp³-hybridized carbons (Fsp3) is 0.462. The molecule has 6 heteroatoms. The van der Waals surface area contributed by atoms with Crippen molar-refractivity contribution in [3.8, 4) is 0 Å². The summed E-state index contributed by atoms with van der Waals surface area (Å²) in [7, 11) is 0. The van der Waals surface area contributed by atoms with Crippen molar-refractivity contribution in [2.75, 3.05) is 0 Å². The second-order valence-electron chi connectivity index (χ2n) is 4.75. The van der Waals surface area contributed by atoms with Crippen molar-refractivity contribution in [1.29, 1.82) is 0 Å². The Labute approximate surface area is 110 Å². The molecule has 2 heterocycles. The van der Waals surface area contributed by atoms with Crippen molar-refractivity contribution in [3.63, 3.8) is 0 Å². The average Bonchev–Trinajstić information content (AvgIpc) is 2.37. The van der Waals surface area contributed by atoms with Crippen LogP contribution in [0.25, 0.3) is 11.0 Å². The van der Waals surface area contributed by atoms with E-state index in [9.17, 15) is 9.59 Å². The van der Waals surface area contributed by atoms with Gasteiger partial charge in [0.1, 0.15) is 5.65 Å². The number of rotatable bonds is 4. The van der Waals surface area contributed by atoms with E-state index in [0.29, 0.717) is 30.2 Å². The van der Waals surface area contributed by atoms with Crippen LogP contribution in [0.2, 0.25) is 0 Å². The Kier molecular flexibility index (Phi) is 3.80. The van der Waals surface area contributed by atoms with Crippen molar-refractivity contribution in [3.05, 3.63) is 38.7 Å². The number of aryl methyl sites for hydroxylation is 1. The number of fused-ring (bicyclic) bond motifs is 1. The standard InChI is InChI=1S/C13H18N4O2/c1-4-17-11-10(12(18)16-13(17)19)5-9(7-15-11)6-14-8(2)3/h5,7-8,14H,4,6H2,1-3H3,(H,16,18,19). The summed E-state index contributed by atoms with van der Waals surface area (Å²) >= 11 is 0. The lowest BCUT2D eigenvalue weighted by Crippen LogP contribution is -2.30. The van der Waals surface area contributed by atoms with Gasteiger partial charge in [0.25, 0.3) is 5.56 Å². The first-order chi connectivity index (χ1) is 9.02. The summed E-state index contributed by atoms with van der Waals surface area (Å²) in [5.74, 6) is 0. The lowest BCUT2D eigenvalue weighted by Gasteiger charge is -2.10. The first-order valence-corrected chi connectivity index (χ1v) is 6.38. The van der Waals surface area contributed by atoms with E-state index in [1.54, 1.807) is 12.3 Å². The van der Waals surface area contributed by atoms with Gasteiger partial charge in [-0.15, -0.1) is 0 Å². The number of aromatic nitrogens is 3. The van der Waals surface area contributed by atoms with Crippen LogP contribution in [0.4, 0.5) is 0 Å². The van der Waals surface area contributed by atoms with Gasteiger partial charge in [0.15, 0.2) is 0 Å². The van der Waals surface area contributed by atoms with E-state index < -0.39 is 5.69 Å². The van der Waals surface area contributed by atoms with E-state index in [0.717, 1.165) is 5.56 Å². The molecule has 0 atom stereocenters. The van der Waals surface area contributed by atoms with Crippen LogP contribution in [0.5, 0.6) is 0 Å². The predicted molar refractivity (Wildman–Crippen MR) is 74.3 cm³/mol. The molecule has 0 aliphatic heterocycles. The molecular weight excluding hydrogens is 244 g/mol. The number of hydrogen-bond acceptors (Lipinski definition) is 4. The van der Waals surface area contributed by atoms with Crippen LogP contribution in [-0.4, -0.2) is 20.6 Å². The van der Waals surface area contributed by atoms with Gasteiger partial charge in [-0.1, -0.05) is 13.8 Å². The molecule has 0 fully saturated rings. The van der Waals surface area contributed by atoms with Crippen molar-refractivity contribution in [2.24, 2.45) is 0 Å². The molecule has 0 spiro atoms. The fourth-order valence-electron chi connectivity index (χ4n) is 1.92. The molecular formula is C13H18N4O2. The molecule has 6 nitrogen and oxygen atoms in total. The van der Waals surface area contributed by atoms with Gasteiger partial charge in [-0.3, -0.25) is 14.3 Å². The average molecular weight is 262 g/mol. The van der Waals surface area contributed by atoms with Crippen LogP contribution < -0.4 is 16.6 Å². The van der Waals surface area contributed by atoms with Gasteiger partial charge in [0.05, 0.1) is 5.39 Å². The van der Waals surface area contributed by atoms with Gasteiger partial charge in [-0.25, -0.2) is 9.78 Å². The summed E-state index contributed by atoms with van der Waals surface area (Å²) in [5, 5.41) is 3.71. The third-order valence-electron chi connectivity index (χ3n) is 2.92. The Morgan fingerprint density at radius 1 is 1.42 bits per heavy atom. The molecule has 2 rings (SSSR count). The van der Waals surface area contributed by atoms with Gasteiger partial charge < -0.3 is 5.32 Å². The Hall–Kier alpha value is -1.95. The molecule has 0 aliphatic rings. The van der Waals surface area contributed by atoms with Crippen molar-refractivity contribution in [2.45, 2.75) is 39.9 Å². The highest BCUT2D eigenvalue weighted by Gasteiger charge is 2.08. The third kappa shape index (κ3) is 2.73. The number of H-pyrrole nitrogens is 1. The smallest absolute Gasteiger partial charge is 0.310 e. The summed E-state index contributed by atoms with van der Waals surface area (Å²) in [6.45, 7) is 7.06. The Morgan fingerprint density at radius 2 is 2.16 bits per heavy atom. The predicted octanol–water partition coefficient (Wildman–Crippen LogP) is 0.603. The highest BCUT2D eigenvalue weighted by Crippen LogP contribution is 2.07. The summed E-state index contributed by atoms with van der Waals surface area (Å²) in [6, 6.07) is 2.14. The molecule has 0 unspecified atom stereocenters. The number of aromatic amines is 1. The molecule has 0 saturated carbocycles. The zero-order valence-electron chi connectivity index (χ0n) is 11.4. The van der Waals surface area contributed by atoms with E-state index in [2.05, 4.69) is 29.1 Å². The van der Waals surface area contributed by atoms with Crippen molar-refractivity contribution < 1.29 is 0 Å². The molecule has 2 aromatic rings. The van der Waals surface area contributed by atoms with Gasteiger partial charge in [-0.2, -0.15) is 0 Å². The van der Waals surface area contributed by atoms with Crippen LogP contribution in [-0.2, 0) is 13.1 Å². The molecule has 0 bridgehead atoms. The SMILES string of the molecule is CCn1c(=O)[nH]c(=O)c2cc(CNC(C)C)cnc21. The van der Waals surface area contributed by atoms with Crippen LogP contribution in [0.1, 0.15) is 26.3 Å². The highest BCUT2D eigenvalue weighted by atomic mass is 16.2. The molecule has 102 valence electrons. The van der Waals surface area contributed by atoms with Gasteiger partial charge in [-0.05, 0) is 18.6 Å². The lowest BCUT2D eigenvalue weighted by molar-refractivity contribution is 0.588.